The topological polar surface area (TPSA) is 76.0 Å². The molecule has 1 aliphatic heterocycles. The van der Waals surface area contributed by atoms with Crippen molar-refractivity contribution < 1.29 is 14.0 Å². The number of nitrogens with one attached hydrogen (secondary N) is 2. The maximum atomic E-state index is 13.0. The lowest BCUT2D eigenvalue weighted by atomic mass is 10.1. The summed E-state index contributed by atoms with van der Waals surface area (Å²) >= 11 is 0. The molecule has 1 aromatic heterocycles. The number of nitrogens with zero attached hydrogens (tertiary/aromatic N) is 2. The number of benzene rings is 2. The van der Waals surface area contributed by atoms with Crippen LogP contribution in [-0.2, 0) is 19.5 Å². The van der Waals surface area contributed by atoms with Gasteiger partial charge >= 0.3 is 0 Å². The van der Waals surface area contributed by atoms with Crippen LogP contribution in [0.3, 0.4) is 0 Å². The van der Waals surface area contributed by atoms with Crippen LogP contribution in [0.5, 0.6) is 0 Å². The minimum atomic E-state index is -0.336. The highest BCUT2D eigenvalue weighted by molar-refractivity contribution is 6.03. The van der Waals surface area contributed by atoms with Crippen LogP contribution in [0.25, 0.3) is 0 Å². The fraction of sp³-hybridized carbons (Fsp3) is 0.227. The summed E-state index contributed by atoms with van der Waals surface area (Å²) in [5.74, 6) is -0.747. The van der Waals surface area contributed by atoms with Gasteiger partial charge in [-0.25, -0.2) is 9.37 Å². The summed E-state index contributed by atoms with van der Waals surface area (Å²) in [4.78, 5) is 29.9. The van der Waals surface area contributed by atoms with Crippen molar-refractivity contribution in [3.8, 4) is 0 Å². The summed E-state index contributed by atoms with van der Waals surface area (Å²) in [6.07, 6.45) is 2.58. The zero-order chi connectivity index (χ0) is 20.2. The van der Waals surface area contributed by atoms with Gasteiger partial charge in [0.1, 0.15) is 11.5 Å². The van der Waals surface area contributed by atoms with Crippen LogP contribution in [-0.4, -0.2) is 21.4 Å². The van der Waals surface area contributed by atoms with E-state index in [0.717, 1.165) is 24.1 Å². The molecule has 0 saturated heterocycles. The van der Waals surface area contributed by atoms with E-state index < -0.39 is 0 Å². The van der Waals surface area contributed by atoms with E-state index in [0.29, 0.717) is 18.7 Å². The van der Waals surface area contributed by atoms with Crippen molar-refractivity contribution in [3.63, 3.8) is 0 Å². The summed E-state index contributed by atoms with van der Waals surface area (Å²) in [6, 6.07) is 15.1. The van der Waals surface area contributed by atoms with Crippen molar-refractivity contribution >= 4 is 17.5 Å². The molecule has 0 unspecified atom stereocenters. The molecular weight excluding hydrogens is 371 g/mol. The van der Waals surface area contributed by atoms with Gasteiger partial charge in [0.15, 0.2) is 5.82 Å². The lowest BCUT2D eigenvalue weighted by molar-refractivity contribution is 0.0945. The van der Waals surface area contributed by atoms with Gasteiger partial charge in [-0.3, -0.25) is 9.59 Å². The van der Waals surface area contributed by atoms with E-state index in [4.69, 9.17) is 0 Å². The number of para-hydroxylation sites is 1. The SMILES string of the molecule is O=C(NCc1ccc(F)cc1)c1nc(C(=O)Nc2ccccc2)n2c1CCCC2. The Balaban J connectivity index is 1.54. The molecule has 0 radical (unpaired) electrons. The standard InChI is InChI=1S/C22H21FN4O2/c23-16-11-9-15(10-12-16)14-24-21(28)19-18-8-4-5-13-27(18)20(26-19)22(29)25-17-6-2-1-3-7-17/h1-3,6-7,9-12H,4-5,8,13-14H2,(H,24,28)(H,25,29). The quantitative estimate of drug-likeness (QED) is 0.697. The number of rotatable bonds is 5. The van der Waals surface area contributed by atoms with Crippen molar-refractivity contribution in [2.75, 3.05) is 5.32 Å². The molecule has 0 atom stereocenters. The second-order valence-electron chi connectivity index (χ2n) is 6.97. The summed E-state index contributed by atoms with van der Waals surface area (Å²) in [7, 11) is 0. The van der Waals surface area contributed by atoms with Gasteiger partial charge in [-0.05, 0) is 49.1 Å². The number of hydrogen-bond donors (Lipinski definition) is 2. The van der Waals surface area contributed by atoms with Crippen LogP contribution < -0.4 is 10.6 Å². The van der Waals surface area contributed by atoms with Crippen molar-refractivity contribution in [2.24, 2.45) is 0 Å². The highest BCUT2D eigenvalue weighted by Crippen LogP contribution is 2.22. The van der Waals surface area contributed by atoms with Crippen LogP contribution in [0.2, 0.25) is 0 Å². The number of hydrogen-bond acceptors (Lipinski definition) is 3. The van der Waals surface area contributed by atoms with E-state index in [9.17, 15) is 14.0 Å². The van der Waals surface area contributed by atoms with Crippen LogP contribution in [0.4, 0.5) is 10.1 Å². The highest BCUT2D eigenvalue weighted by atomic mass is 19.1. The first-order valence-corrected chi connectivity index (χ1v) is 9.60. The minimum absolute atomic E-state index is 0.246. The molecule has 148 valence electrons. The summed E-state index contributed by atoms with van der Waals surface area (Å²) < 4.78 is 14.9. The molecule has 3 aromatic rings. The molecule has 2 aromatic carbocycles. The first-order chi connectivity index (χ1) is 14.1. The monoisotopic (exact) mass is 392 g/mol. The normalized spacial score (nSPS) is 12.9. The number of anilines is 1. The van der Waals surface area contributed by atoms with E-state index >= 15 is 0 Å². The van der Waals surface area contributed by atoms with Gasteiger partial charge in [0.25, 0.3) is 11.8 Å². The first-order valence-electron chi connectivity index (χ1n) is 9.60. The van der Waals surface area contributed by atoms with Gasteiger partial charge in [-0.15, -0.1) is 0 Å². The van der Waals surface area contributed by atoms with Crippen LogP contribution in [0, 0.1) is 5.82 Å². The Bertz CT molecular complexity index is 1030. The summed E-state index contributed by atoms with van der Waals surface area (Å²) in [5, 5.41) is 5.65. The Labute approximate surface area is 167 Å². The molecule has 0 saturated carbocycles. The zero-order valence-corrected chi connectivity index (χ0v) is 15.8. The van der Waals surface area contributed by atoms with Crippen LogP contribution >= 0.6 is 0 Å². The predicted octanol–water partition coefficient (Wildman–Crippen LogP) is 3.54. The van der Waals surface area contributed by atoms with Gasteiger partial charge in [0.05, 0.1) is 5.69 Å². The summed E-state index contributed by atoms with van der Waals surface area (Å²) in [6.45, 7) is 0.919. The number of amides is 2. The third-order valence-corrected chi connectivity index (χ3v) is 4.93. The third-order valence-electron chi connectivity index (χ3n) is 4.93. The Hall–Kier alpha value is -3.48. The fourth-order valence-electron chi connectivity index (χ4n) is 3.48. The molecule has 0 bridgehead atoms. The molecular formula is C22H21FN4O2. The Morgan fingerprint density at radius 3 is 2.52 bits per heavy atom. The van der Waals surface area contributed by atoms with Crippen LogP contribution in [0.15, 0.2) is 54.6 Å². The minimum Gasteiger partial charge on any atom is -0.347 e. The predicted molar refractivity (Wildman–Crippen MR) is 107 cm³/mol. The van der Waals surface area contributed by atoms with E-state index in [1.165, 1.54) is 12.1 Å². The number of halogens is 1. The number of aromatic nitrogens is 2. The molecule has 7 heteroatoms. The largest absolute Gasteiger partial charge is 0.347 e. The van der Waals surface area contributed by atoms with Crippen molar-refractivity contribution in [1.82, 2.24) is 14.9 Å². The average Bonchev–Trinajstić information content (AvgIpc) is 3.14. The number of carbonyl (C=O) groups excluding carboxylic acids is 2. The van der Waals surface area contributed by atoms with E-state index in [1.54, 1.807) is 24.3 Å². The Morgan fingerprint density at radius 2 is 1.76 bits per heavy atom. The molecule has 0 fully saturated rings. The molecule has 6 nitrogen and oxygen atoms in total. The van der Waals surface area contributed by atoms with Gasteiger partial charge in [-0.1, -0.05) is 30.3 Å². The zero-order valence-electron chi connectivity index (χ0n) is 15.8. The van der Waals surface area contributed by atoms with Gasteiger partial charge in [0, 0.05) is 18.8 Å². The molecule has 0 aliphatic carbocycles. The third kappa shape index (κ3) is 4.18. The molecule has 2 heterocycles. The van der Waals surface area contributed by atoms with Crippen LogP contribution in [0.1, 0.15) is 45.2 Å². The lowest BCUT2D eigenvalue weighted by Crippen LogP contribution is -2.25. The highest BCUT2D eigenvalue weighted by Gasteiger charge is 2.27. The fourth-order valence-corrected chi connectivity index (χ4v) is 3.48. The molecule has 0 spiro atoms. The van der Waals surface area contributed by atoms with Gasteiger partial charge in [0.2, 0.25) is 0 Å². The first kappa shape index (κ1) is 18.9. The maximum Gasteiger partial charge on any atom is 0.291 e. The number of fused-ring (bicyclic) bond motifs is 1. The molecule has 2 amide bonds. The van der Waals surface area contributed by atoms with E-state index in [1.807, 2.05) is 22.8 Å². The molecule has 2 N–H and O–H groups in total. The molecule has 1 aliphatic rings. The van der Waals surface area contributed by atoms with E-state index in [2.05, 4.69) is 15.6 Å². The van der Waals surface area contributed by atoms with Gasteiger partial charge < -0.3 is 15.2 Å². The van der Waals surface area contributed by atoms with Crippen molar-refractivity contribution in [1.29, 1.82) is 0 Å². The molecule has 29 heavy (non-hydrogen) atoms. The van der Waals surface area contributed by atoms with E-state index in [-0.39, 0.29) is 35.7 Å². The Kier molecular flexibility index (Phi) is 5.37. The second kappa shape index (κ2) is 8.26. The molecule has 4 rings (SSSR count). The average molecular weight is 392 g/mol. The number of carbonyl (C=O) groups is 2. The van der Waals surface area contributed by atoms with Crippen molar-refractivity contribution in [2.45, 2.75) is 32.4 Å². The Morgan fingerprint density at radius 1 is 1.00 bits per heavy atom. The number of imidazole rings is 1. The van der Waals surface area contributed by atoms with Gasteiger partial charge in [-0.2, -0.15) is 0 Å². The second-order valence-corrected chi connectivity index (χ2v) is 6.97. The van der Waals surface area contributed by atoms with Crippen molar-refractivity contribution in [3.05, 3.63) is 83.2 Å². The maximum absolute atomic E-state index is 13.0. The smallest absolute Gasteiger partial charge is 0.291 e. The summed E-state index contributed by atoms with van der Waals surface area (Å²) in [5.41, 5.74) is 2.53. The lowest BCUT2D eigenvalue weighted by Gasteiger charge is -2.17.